The molecule has 2 aromatic carbocycles. The van der Waals surface area contributed by atoms with E-state index in [0.29, 0.717) is 28.5 Å². The third kappa shape index (κ3) is 4.08. The van der Waals surface area contributed by atoms with Crippen LogP contribution in [-0.4, -0.2) is 76.4 Å². The number of fused-ring (bicyclic) bond motifs is 1. The van der Waals surface area contributed by atoms with Crippen LogP contribution >= 0.6 is 0 Å². The van der Waals surface area contributed by atoms with Crippen LogP contribution in [0.5, 0.6) is 17.2 Å². The SMILES string of the molecule is COc1ccc(C(=O)N2CCN(S(=O)(=O)c3ccc4c(c3)NC(=O)CO4)CC2)cc1OC. The lowest BCUT2D eigenvalue weighted by Gasteiger charge is -2.34. The van der Waals surface area contributed by atoms with Crippen molar-refractivity contribution in [2.24, 2.45) is 0 Å². The topological polar surface area (TPSA) is 114 Å². The van der Waals surface area contributed by atoms with Gasteiger partial charge in [0.05, 0.1) is 24.8 Å². The zero-order valence-corrected chi connectivity index (χ0v) is 18.5. The highest BCUT2D eigenvalue weighted by molar-refractivity contribution is 7.89. The zero-order chi connectivity index (χ0) is 22.9. The Balaban J connectivity index is 1.46. The maximum absolute atomic E-state index is 13.1. The van der Waals surface area contributed by atoms with Crippen molar-refractivity contribution in [2.45, 2.75) is 4.90 Å². The molecule has 170 valence electrons. The molecule has 2 aliphatic rings. The fourth-order valence-electron chi connectivity index (χ4n) is 3.66. The Hall–Kier alpha value is -3.31. The third-order valence-corrected chi connectivity index (χ3v) is 7.27. The first-order chi connectivity index (χ1) is 15.3. The van der Waals surface area contributed by atoms with Crippen LogP contribution < -0.4 is 19.5 Å². The summed E-state index contributed by atoms with van der Waals surface area (Å²) in [5, 5.41) is 2.61. The highest BCUT2D eigenvalue weighted by Gasteiger charge is 2.31. The second kappa shape index (κ2) is 8.67. The Morgan fingerprint density at radius 1 is 1.00 bits per heavy atom. The summed E-state index contributed by atoms with van der Waals surface area (Å²) in [6.07, 6.45) is 0. The zero-order valence-electron chi connectivity index (χ0n) is 17.7. The summed E-state index contributed by atoms with van der Waals surface area (Å²) >= 11 is 0. The number of methoxy groups -OCH3 is 2. The molecule has 1 N–H and O–H groups in total. The second-order valence-electron chi connectivity index (χ2n) is 7.26. The van der Waals surface area contributed by atoms with E-state index < -0.39 is 10.0 Å². The molecule has 0 saturated carbocycles. The van der Waals surface area contributed by atoms with E-state index in [1.165, 1.54) is 36.7 Å². The summed E-state index contributed by atoms with van der Waals surface area (Å²) in [4.78, 5) is 26.1. The molecule has 0 unspecified atom stereocenters. The van der Waals surface area contributed by atoms with Crippen molar-refractivity contribution in [3.05, 3.63) is 42.0 Å². The summed E-state index contributed by atoms with van der Waals surface area (Å²) in [7, 11) is -0.784. The number of hydrogen-bond acceptors (Lipinski definition) is 7. The van der Waals surface area contributed by atoms with Gasteiger partial charge in [-0.3, -0.25) is 9.59 Å². The lowest BCUT2D eigenvalue weighted by atomic mass is 10.1. The summed E-state index contributed by atoms with van der Waals surface area (Å²) in [5.74, 6) is 0.842. The Kier molecular flexibility index (Phi) is 5.94. The minimum atomic E-state index is -3.79. The molecule has 0 aliphatic carbocycles. The maximum Gasteiger partial charge on any atom is 0.262 e. The smallest absolute Gasteiger partial charge is 0.262 e. The molecular formula is C21H23N3O7S. The number of nitrogens with one attached hydrogen (secondary N) is 1. The largest absolute Gasteiger partial charge is 0.493 e. The van der Waals surface area contributed by atoms with E-state index in [0.717, 1.165) is 0 Å². The Morgan fingerprint density at radius 2 is 1.72 bits per heavy atom. The van der Waals surface area contributed by atoms with Crippen molar-refractivity contribution in [1.82, 2.24) is 9.21 Å². The number of anilines is 1. The molecule has 0 bridgehead atoms. The fraction of sp³-hybridized carbons (Fsp3) is 0.333. The van der Waals surface area contributed by atoms with Gasteiger partial charge in [0.15, 0.2) is 18.1 Å². The average Bonchev–Trinajstić information content (AvgIpc) is 2.82. The molecule has 0 radical (unpaired) electrons. The number of benzene rings is 2. The number of sulfonamides is 1. The summed E-state index contributed by atoms with van der Waals surface area (Å²) in [6.45, 7) is 0.701. The van der Waals surface area contributed by atoms with Crippen molar-refractivity contribution >= 4 is 27.5 Å². The molecule has 2 amide bonds. The number of nitrogens with zero attached hydrogens (tertiary/aromatic N) is 2. The van der Waals surface area contributed by atoms with Crippen LogP contribution in [0.3, 0.4) is 0 Å². The predicted molar refractivity (Wildman–Crippen MR) is 115 cm³/mol. The van der Waals surface area contributed by atoms with Crippen LogP contribution in [0.15, 0.2) is 41.3 Å². The molecule has 0 aromatic heterocycles. The van der Waals surface area contributed by atoms with Crippen molar-refractivity contribution < 1.29 is 32.2 Å². The number of ether oxygens (including phenoxy) is 3. The first-order valence-corrected chi connectivity index (χ1v) is 11.4. The molecule has 2 heterocycles. The van der Waals surface area contributed by atoms with Gasteiger partial charge in [0.2, 0.25) is 10.0 Å². The number of rotatable bonds is 5. The number of amides is 2. The molecule has 0 spiro atoms. The molecule has 4 rings (SSSR count). The standard InChI is InChI=1S/C21H23N3O7S/c1-29-18-5-3-14(11-19(18)30-2)21(26)23-7-9-24(10-8-23)32(27,28)15-4-6-17-16(12-15)22-20(25)13-31-17/h3-6,11-12H,7-10,13H2,1-2H3,(H,22,25). The molecule has 0 atom stereocenters. The molecule has 11 heteroatoms. The Labute approximate surface area is 185 Å². The van der Waals surface area contributed by atoms with E-state index in [4.69, 9.17) is 14.2 Å². The van der Waals surface area contributed by atoms with Gasteiger partial charge in [-0.2, -0.15) is 4.31 Å². The average molecular weight is 461 g/mol. The van der Waals surface area contributed by atoms with Crippen LogP contribution in [0, 0.1) is 0 Å². The van der Waals surface area contributed by atoms with Gasteiger partial charge in [0, 0.05) is 31.7 Å². The molecular weight excluding hydrogens is 438 g/mol. The van der Waals surface area contributed by atoms with Crippen molar-refractivity contribution in [3.8, 4) is 17.2 Å². The van der Waals surface area contributed by atoms with Crippen LogP contribution in [0.1, 0.15) is 10.4 Å². The molecule has 32 heavy (non-hydrogen) atoms. The van der Waals surface area contributed by atoms with Crippen LogP contribution in [0.2, 0.25) is 0 Å². The number of carbonyl (C=O) groups excluding carboxylic acids is 2. The Morgan fingerprint density at radius 3 is 2.41 bits per heavy atom. The number of hydrogen-bond donors (Lipinski definition) is 1. The van der Waals surface area contributed by atoms with Gasteiger partial charge in [-0.25, -0.2) is 8.42 Å². The van der Waals surface area contributed by atoms with Gasteiger partial charge >= 0.3 is 0 Å². The van der Waals surface area contributed by atoms with Gasteiger partial charge < -0.3 is 24.4 Å². The fourth-order valence-corrected chi connectivity index (χ4v) is 5.10. The van der Waals surface area contributed by atoms with Gasteiger partial charge in [-0.15, -0.1) is 0 Å². The predicted octanol–water partition coefficient (Wildman–Crippen LogP) is 1.18. The van der Waals surface area contributed by atoms with Crippen molar-refractivity contribution in [2.75, 3.05) is 52.3 Å². The quantitative estimate of drug-likeness (QED) is 0.711. The van der Waals surface area contributed by atoms with Gasteiger partial charge in [0.25, 0.3) is 11.8 Å². The first-order valence-electron chi connectivity index (χ1n) is 9.91. The molecule has 10 nitrogen and oxygen atoms in total. The van der Waals surface area contributed by atoms with E-state index in [2.05, 4.69) is 5.32 Å². The van der Waals surface area contributed by atoms with Gasteiger partial charge in [0.1, 0.15) is 5.75 Å². The number of piperazine rings is 1. The molecule has 2 aliphatic heterocycles. The molecule has 1 fully saturated rings. The molecule has 1 saturated heterocycles. The van der Waals surface area contributed by atoms with E-state index in [-0.39, 0.29) is 49.5 Å². The van der Waals surface area contributed by atoms with Crippen molar-refractivity contribution in [1.29, 1.82) is 0 Å². The van der Waals surface area contributed by atoms with Crippen molar-refractivity contribution in [3.63, 3.8) is 0 Å². The van der Waals surface area contributed by atoms with Gasteiger partial charge in [-0.05, 0) is 36.4 Å². The lowest BCUT2D eigenvalue weighted by Crippen LogP contribution is -2.50. The highest BCUT2D eigenvalue weighted by atomic mass is 32.2. The Bertz CT molecular complexity index is 1160. The van der Waals surface area contributed by atoms with E-state index in [1.54, 1.807) is 23.1 Å². The van der Waals surface area contributed by atoms with E-state index in [1.807, 2.05) is 0 Å². The normalized spacial score (nSPS) is 16.6. The van der Waals surface area contributed by atoms with E-state index >= 15 is 0 Å². The summed E-state index contributed by atoms with van der Waals surface area (Å²) in [6, 6.07) is 9.28. The second-order valence-corrected chi connectivity index (χ2v) is 9.20. The maximum atomic E-state index is 13.1. The highest BCUT2D eigenvalue weighted by Crippen LogP contribution is 2.32. The van der Waals surface area contributed by atoms with Gasteiger partial charge in [-0.1, -0.05) is 0 Å². The summed E-state index contributed by atoms with van der Waals surface area (Å²) in [5.41, 5.74) is 0.758. The minimum absolute atomic E-state index is 0.0571. The minimum Gasteiger partial charge on any atom is -0.493 e. The monoisotopic (exact) mass is 461 g/mol. The number of carbonyl (C=O) groups is 2. The van der Waals surface area contributed by atoms with Crippen LogP contribution in [0.4, 0.5) is 5.69 Å². The third-order valence-electron chi connectivity index (χ3n) is 5.38. The summed E-state index contributed by atoms with van der Waals surface area (Å²) < 4.78 is 43.2. The van der Waals surface area contributed by atoms with Crippen LogP contribution in [0.25, 0.3) is 0 Å². The van der Waals surface area contributed by atoms with E-state index in [9.17, 15) is 18.0 Å². The first kappa shape index (κ1) is 21.9. The van der Waals surface area contributed by atoms with Crippen LogP contribution in [-0.2, 0) is 14.8 Å². The molecule has 2 aromatic rings. The lowest BCUT2D eigenvalue weighted by molar-refractivity contribution is -0.118.